The van der Waals surface area contributed by atoms with Crippen molar-refractivity contribution in [3.05, 3.63) is 58.1 Å². The first-order valence-electron chi connectivity index (χ1n) is 6.86. The van der Waals surface area contributed by atoms with Crippen molar-refractivity contribution in [1.29, 1.82) is 0 Å². The molecule has 0 saturated carbocycles. The molecule has 0 atom stereocenters. The first-order valence-corrected chi connectivity index (χ1v) is 7.65. The molecule has 0 saturated heterocycles. The SMILES string of the molecule is CCOC(=O)c1ccc(OC)c(OCc2cccc(Br)c2)c1. The third kappa shape index (κ3) is 4.24. The van der Waals surface area contributed by atoms with Crippen LogP contribution >= 0.6 is 15.9 Å². The van der Waals surface area contributed by atoms with Gasteiger partial charge in [0.05, 0.1) is 19.3 Å². The molecular weight excluding hydrogens is 348 g/mol. The average molecular weight is 365 g/mol. The number of esters is 1. The van der Waals surface area contributed by atoms with Crippen LogP contribution in [0.4, 0.5) is 0 Å². The van der Waals surface area contributed by atoms with Crippen LogP contribution in [0.5, 0.6) is 11.5 Å². The van der Waals surface area contributed by atoms with Crippen molar-refractivity contribution in [1.82, 2.24) is 0 Å². The van der Waals surface area contributed by atoms with Crippen molar-refractivity contribution in [2.24, 2.45) is 0 Å². The fourth-order valence-electron chi connectivity index (χ4n) is 1.92. The maximum Gasteiger partial charge on any atom is 0.338 e. The molecule has 0 N–H and O–H groups in total. The Morgan fingerprint density at radius 1 is 1.14 bits per heavy atom. The van der Waals surface area contributed by atoms with Crippen molar-refractivity contribution in [2.75, 3.05) is 13.7 Å². The van der Waals surface area contributed by atoms with Gasteiger partial charge in [0, 0.05) is 4.47 Å². The third-order valence-corrected chi connectivity index (χ3v) is 3.45. The van der Waals surface area contributed by atoms with Crippen molar-refractivity contribution >= 4 is 21.9 Å². The molecule has 0 heterocycles. The number of carbonyl (C=O) groups excluding carboxylic acids is 1. The molecule has 0 bridgehead atoms. The van der Waals surface area contributed by atoms with Crippen molar-refractivity contribution < 1.29 is 19.0 Å². The lowest BCUT2D eigenvalue weighted by atomic mass is 10.2. The largest absolute Gasteiger partial charge is 0.493 e. The number of ether oxygens (including phenoxy) is 3. The lowest BCUT2D eigenvalue weighted by Crippen LogP contribution is -2.06. The molecule has 116 valence electrons. The van der Waals surface area contributed by atoms with Gasteiger partial charge < -0.3 is 14.2 Å². The number of rotatable bonds is 6. The van der Waals surface area contributed by atoms with E-state index in [1.54, 1.807) is 32.2 Å². The molecule has 0 spiro atoms. The smallest absolute Gasteiger partial charge is 0.338 e. The molecule has 0 radical (unpaired) electrons. The second-order valence-electron chi connectivity index (χ2n) is 4.50. The highest BCUT2D eigenvalue weighted by Gasteiger charge is 2.12. The quantitative estimate of drug-likeness (QED) is 0.720. The van der Waals surface area contributed by atoms with Crippen LogP contribution in [0.1, 0.15) is 22.8 Å². The average Bonchev–Trinajstić information content (AvgIpc) is 2.53. The Labute approximate surface area is 138 Å². The lowest BCUT2D eigenvalue weighted by Gasteiger charge is -2.12. The molecular formula is C17H17BrO4. The van der Waals surface area contributed by atoms with E-state index in [4.69, 9.17) is 14.2 Å². The van der Waals surface area contributed by atoms with E-state index in [-0.39, 0.29) is 5.97 Å². The lowest BCUT2D eigenvalue weighted by molar-refractivity contribution is 0.0525. The van der Waals surface area contributed by atoms with Gasteiger partial charge in [-0.05, 0) is 42.8 Å². The molecule has 0 aliphatic heterocycles. The fourth-order valence-corrected chi connectivity index (χ4v) is 2.37. The zero-order chi connectivity index (χ0) is 15.9. The van der Waals surface area contributed by atoms with E-state index in [1.807, 2.05) is 24.3 Å². The summed E-state index contributed by atoms with van der Waals surface area (Å²) in [4.78, 5) is 11.8. The Morgan fingerprint density at radius 2 is 1.95 bits per heavy atom. The van der Waals surface area contributed by atoms with E-state index in [0.29, 0.717) is 30.3 Å². The van der Waals surface area contributed by atoms with E-state index in [1.165, 1.54) is 0 Å². The summed E-state index contributed by atoms with van der Waals surface area (Å²) in [6.45, 7) is 2.48. The van der Waals surface area contributed by atoms with Gasteiger partial charge in [-0.15, -0.1) is 0 Å². The molecule has 2 aromatic carbocycles. The summed E-state index contributed by atoms with van der Waals surface area (Å²) in [5.41, 5.74) is 1.45. The molecule has 22 heavy (non-hydrogen) atoms. The molecule has 0 unspecified atom stereocenters. The van der Waals surface area contributed by atoms with Gasteiger partial charge >= 0.3 is 5.97 Å². The van der Waals surface area contributed by atoms with Gasteiger partial charge in [0.1, 0.15) is 6.61 Å². The molecule has 4 nitrogen and oxygen atoms in total. The number of benzene rings is 2. The summed E-state index contributed by atoms with van der Waals surface area (Å²) >= 11 is 3.42. The molecule has 0 aromatic heterocycles. The second kappa shape index (κ2) is 7.84. The maximum absolute atomic E-state index is 11.8. The highest BCUT2D eigenvalue weighted by atomic mass is 79.9. The highest BCUT2D eigenvalue weighted by Crippen LogP contribution is 2.29. The monoisotopic (exact) mass is 364 g/mol. The molecule has 2 aromatic rings. The van der Waals surface area contributed by atoms with Crippen LogP contribution in [0.3, 0.4) is 0 Å². The summed E-state index contributed by atoms with van der Waals surface area (Å²) in [5, 5.41) is 0. The molecule has 0 amide bonds. The number of hydrogen-bond acceptors (Lipinski definition) is 4. The molecule has 5 heteroatoms. The summed E-state index contributed by atoms with van der Waals surface area (Å²) in [6.07, 6.45) is 0. The van der Waals surface area contributed by atoms with Crippen molar-refractivity contribution in [2.45, 2.75) is 13.5 Å². The number of hydrogen-bond donors (Lipinski definition) is 0. The molecule has 0 fully saturated rings. The summed E-state index contributed by atoms with van der Waals surface area (Å²) in [6, 6.07) is 12.8. The van der Waals surface area contributed by atoms with Gasteiger partial charge in [-0.25, -0.2) is 4.79 Å². The first kappa shape index (κ1) is 16.4. The fraction of sp³-hybridized carbons (Fsp3) is 0.235. The van der Waals surface area contributed by atoms with Crippen LogP contribution in [0.15, 0.2) is 46.9 Å². The van der Waals surface area contributed by atoms with Gasteiger partial charge in [-0.3, -0.25) is 0 Å². The maximum atomic E-state index is 11.8. The Kier molecular flexibility index (Phi) is 5.83. The van der Waals surface area contributed by atoms with E-state index >= 15 is 0 Å². The summed E-state index contributed by atoms with van der Waals surface area (Å²) < 4.78 is 17.0. The van der Waals surface area contributed by atoms with Gasteiger partial charge in [0.25, 0.3) is 0 Å². The van der Waals surface area contributed by atoms with Crippen LogP contribution in [0, 0.1) is 0 Å². The second-order valence-corrected chi connectivity index (χ2v) is 5.42. The predicted octanol–water partition coefficient (Wildman–Crippen LogP) is 4.21. The van der Waals surface area contributed by atoms with Crippen molar-refractivity contribution in [3.8, 4) is 11.5 Å². The van der Waals surface area contributed by atoms with Crippen LogP contribution in [-0.4, -0.2) is 19.7 Å². The minimum atomic E-state index is -0.377. The van der Waals surface area contributed by atoms with Gasteiger partial charge in [-0.1, -0.05) is 28.1 Å². The Morgan fingerprint density at radius 3 is 2.64 bits per heavy atom. The van der Waals surface area contributed by atoms with E-state index < -0.39 is 0 Å². The molecule has 0 aliphatic carbocycles. The minimum Gasteiger partial charge on any atom is -0.493 e. The zero-order valence-electron chi connectivity index (χ0n) is 12.5. The Balaban J connectivity index is 2.17. The zero-order valence-corrected chi connectivity index (χ0v) is 14.1. The van der Waals surface area contributed by atoms with Crippen LogP contribution in [-0.2, 0) is 11.3 Å². The number of halogens is 1. The third-order valence-electron chi connectivity index (χ3n) is 2.96. The normalized spacial score (nSPS) is 10.1. The molecule has 2 rings (SSSR count). The van der Waals surface area contributed by atoms with E-state index in [2.05, 4.69) is 15.9 Å². The summed E-state index contributed by atoms with van der Waals surface area (Å²) in [5.74, 6) is 0.702. The van der Waals surface area contributed by atoms with E-state index in [0.717, 1.165) is 10.0 Å². The number of carbonyl (C=O) groups is 1. The summed E-state index contributed by atoms with van der Waals surface area (Å²) in [7, 11) is 1.56. The van der Waals surface area contributed by atoms with Crippen LogP contribution in [0.25, 0.3) is 0 Å². The molecule has 0 aliphatic rings. The van der Waals surface area contributed by atoms with Gasteiger partial charge in [-0.2, -0.15) is 0 Å². The van der Waals surface area contributed by atoms with Crippen molar-refractivity contribution in [3.63, 3.8) is 0 Å². The van der Waals surface area contributed by atoms with Crippen LogP contribution < -0.4 is 9.47 Å². The number of methoxy groups -OCH3 is 1. The van der Waals surface area contributed by atoms with E-state index in [9.17, 15) is 4.79 Å². The topological polar surface area (TPSA) is 44.8 Å². The van der Waals surface area contributed by atoms with Crippen LogP contribution in [0.2, 0.25) is 0 Å². The van der Waals surface area contributed by atoms with Gasteiger partial charge in [0.15, 0.2) is 11.5 Å². The Hall–Kier alpha value is -2.01. The standard InChI is InChI=1S/C17H17BrO4/c1-3-21-17(19)13-7-8-15(20-2)16(10-13)22-11-12-5-4-6-14(18)9-12/h4-10H,3,11H2,1-2H3. The van der Waals surface area contributed by atoms with Gasteiger partial charge in [0.2, 0.25) is 0 Å². The highest BCUT2D eigenvalue weighted by molar-refractivity contribution is 9.10. The first-order chi connectivity index (χ1) is 10.6. The minimum absolute atomic E-state index is 0.332. The Bertz CT molecular complexity index is 655. The predicted molar refractivity (Wildman–Crippen MR) is 87.4 cm³/mol.